The number of ether oxygens (including phenoxy) is 1. The molecule has 0 bridgehead atoms. The first-order chi connectivity index (χ1) is 24.3. The Kier molecular flexibility index (Phi) is 10.1. The second-order valence-corrected chi connectivity index (χ2v) is 13.1. The van der Waals surface area contributed by atoms with Gasteiger partial charge in [0, 0.05) is 56.0 Å². The second-order valence-electron chi connectivity index (χ2n) is 12.6. The monoisotopic (exact) mass is 724 g/mol. The number of anilines is 1. The summed E-state index contributed by atoms with van der Waals surface area (Å²) in [7, 11) is 0. The number of alkyl halides is 3. The molecule has 1 aliphatic heterocycles. The lowest BCUT2D eigenvalue weighted by atomic mass is 9.79. The largest absolute Gasteiger partial charge is 0.441 e. The number of allylic oxidation sites excluding steroid dienone is 1. The fraction of sp³-hybridized carbons (Fsp3) is 0.343. The third kappa shape index (κ3) is 8.20. The Morgan fingerprint density at radius 2 is 1.76 bits per heavy atom. The summed E-state index contributed by atoms with van der Waals surface area (Å²) >= 11 is 6.27. The molecule has 2 amide bonds. The van der Waals surface area contributed by atoms with Crippen LogP contribution in [-0.4, -0.2) is 54.6 Å². The van der Waals surface area contributed by atoms with Gasteiger partial charge >= 0.3 is 18.2 Å². The summed E-state index contributed by atoms with van der Waals surface area (Å²) in [5.74, 6) is -1.30. The number of hydrogen-bond donors (Lipinski definition) is 1. The van der Waals surface area contributed by atoms with Crippen molar-refractivity contribution in [1.29, 1.82) is 0 Å². The van der Waals surface area contributed by atoms with Crippen LogP contribution in [-0.2, 0) is 43.1 Å². The third-order valence-corrected chi connectivity index (χ3v) is 9.02. The summed E-state index contributed by atoms with van der Waals surface area (Å²) in [4.78, 5) is 68.1. The Morgan fingerprint density at radius 1 is 1.02 bits per heavy atom. The minimum absolute atomic E-state index is 0.00349. The van der Waals surface area contributed by atoms with Gasteiger partial charge < -0.3 is 14.9 Å². The highest BCUT2D eigenvalue weighted by molar-refractivity contribution is 6.31. The number of rotatable bonds is 8. The Labute approximate surface area is 294 Å². The van der Waals surface area contributed by atoms with Crippen LogP contribution in [0.1, 0.15) is 67.8 Å². The Balaban J connectivity index is 1.11. The summed E-state index contributed by atoms with van der Waals surface area (Å²) in [5.41, 5.74) is 0.427. The molecule has 266 valence electrons. The number of aromatic nitrogens is 4. The molecule has 5 heterocycles. The van der Waals surface area contributed by atoms with Gasteiger partial charge in [0.25, 0.3) is 11.8 Å². The molecule has 1 aliphatic carbocycles. The smallest absolute Gasteiger partial charge is 0.433 e. The normalized spacial score (nSPS) is 20.2. The first kappa shape index (κ1) is 35.5. The number of carbonyl (C=O) groups is 4. The van der Waals surface area contributed by atoms with Crippen molar-refractivity contribution in [2.75, 3.05) is 5.32 Å². The summed E-state index contributed by atoms with van der Waals surface area (Å²) in [5, 5.41) is 4.60. The first-order valence-corrected chi connectivity index (χ1v) is 16.5. The second kappa shape index (κ2) is 14.5. The molecule has 51 heavy (non-hydrogen) atoms. The van der Waals surface area contributed by atoms with Crippen LogP contribution < -0.4 is 5.32 Å². The molecular formula is C35H32ClF3N6O6. The maximum Gasteiger partial charge on any atom is 0.433 e. The minimum atomic E-state index is -4.51. The van der Waals surface area contributed by atoms with Crippen LogP contribution in [0.3, 0.4) is 0 Å². The molecule has 16 heteroatoms. The van der Waals surface area contributed by atoms with Gasteiger partial charge in [0.1, 0.15) is 23.3 Å². The molecule has 0 aromatic carbocycles. The highest BCUT2D eigenvalue weighted by atomic mass is 35.5. The standard InChI is InChI=1S/C35H32ClF3N6O6/c1-34(32(48)51-45-29(46)9-10-30(45)47)12-3-2-4-25(11-13-34)50-33(49)44-20-23(26-15-24(36)19-43-31(26)44)14-21-6-8-28(41-16-21)42-18-22-5-7-27(40-17-22)35(37,38)39/h2,4-8,15-17,19-20,25H,3,9-14,18H2,1H3,(H,41,42)/b4-2+/t25?,34-/m1/s1. The fourth-order valence-electron chi connectivity index (χ4n) is 5.84. The van der Waals surface area contributed by atoms with Gasteiger partial charge in [0.2, 0.25) is 0 Å². The molecule has 0 radical (unpaired) electrons. The number of nitrogens with zero attached hydrogens (tertiary/aromatic N) is 5. The zero-order chi connectivity index (χ0) is 36.3. The van der Waals surface area contributed by atoms with Crippen LogP contribution in [0.5, 0.6) is 0 Å². The Bertz CT molecular complexity index is 1980. The molecular weight excluding hydrogens is 693 g/mol. The van der Waals surface area contributed by atoms with E-state index in [1.165, 1.54) is 16.8 Å². The number of pyridine rings is 3. The van der Waals surface area contributed by atoms with Crippen LogP contribution in [0.2, 0.25) is 5.02 Å². The molecule has 1 fully saturated rings. The Morgan fingerprint density at radius 3 is 2.45 bits per heavy atom. The molecule has 12 nitrogen and oxygen atoms in total. The van der Waals surface area contributed by atoms with Crippen molar-refractivity contribution in [3.8, 4) is 0 Å². The zero-order valence-corrected chi connectivity index (χ0v) is 28.0. The first-order valence-electron chi connectivity index (χ1n) is 16.1. The average molecular weight is 725 g/mol. The minimum Gasteiger partial charge on any atom is -0.441 e. The van der Waals surface area contributed by atoms with E-state index in [2.05, 4.69) is 20.3 Å². The van der Waals surface area contributed by atoms with Crippen molar-refractivity contribution in [2.24, 2.45) is 5.41 Å². The summed E-state index contributed by atoms with van der Waals surface area (Å²) in [6.45, 7) is 1.92. The van der Waals surface area contributed by atoms with Gasteiger partial charge in [-0.05, 0) is 73.6 Å². The van der Waals surface area contributed by atoms with Crippen molar-refractivity contribution in [3.05, 3.63) is 94.7 Å². The van der Waals surface area contributed by atoms with Gasteiger partial charge in [0.15, 0.2) is 0 Å². The van der Waals surface area contributed by atoms with Gasteiger partial charge in [-0.1, -0.05) is 29.8 Å². The van der Waals surface area contributed by atoms with Crippen molar-refractivity contribution >= 4 is 52.3 Å². The molecule has 0 saturated carbocycles. The van der Waals surface area contributed by atoms with Gasteiger partial charge in [-0.15, -0.1) is 5.06 Å². The number of hydrogen-bond acceptors (Lipinski definition) is 10. The highest BCUT2D eigenvalue weighted by Gasteiger charge is 2.41. The van der Waals surface area contributed by atoms with E-state index in [0.29, 0.717) is 51.8 Å². The topological polar surface area (TPSA) is 146 Å². The average Bonchev–Trinajstić information content (AvgIpc) is 3.61. The van der Waals surface area contributed by atoms with Crippen LogP contribution in [0.25, 0.3) is 11.0 Å². The molecule has 6 rings (SSSR count). The van der Waals surface area contributed by atoms with Crippen LogP contribution >= 0.6 is 11.6 Å². The molecule has 1 N–H and O–H groups in total. The zero-order valence-electron chi connectivity index (χ0n) is 27.3. The van der Waals surface area contributed by atoms with Gasteiger partial charge in [-0.25, -0.2) is 24.1 Å². The lowest BCUT2D eigenvalue weighted by Gasteiger charge is -2.30. The van der Waals surface area contributed by atoms with Crippen LogP contribution in [0, 0.1) is 5.41 Å². The third-order valence-electron chi connectivity index (χ3n) is 8.82. The van der Waals surface area contributed by atoms with Gasteiger partial charge in [-0.3, -0.25) is 14.6 Å². The Hall–Kier alpha value is -5.31. The molecule has 2 atom stereocenters. The molecule has 4 aromatic rings. The number of imide groups is 1. The molecule has 1 saturated heterocycles. The number of halogens is 4. The lowest BCUT2D eigenvalue weighted by molar-refractivity contribution is -0.205. The van der Waals surface area contributed by atoms with Crippen molar-refractivity contribution in [2.45, 2.75) is 70.7 Å². The lowest BCUT2D eigenvalue weighted by Crippen LogP contribution is -2.40. The van der Waals surface area contributed by atoms with Crippen LogP contribution in [0.4, 0.5) is 23.8 Å². The summed E-state index contributed by atoms with van der Waals surface area (Å²) < 4.78 is 45.5. The van der Waals surface area contributed by atoms with E-state index in [1.807, 2.05) is 12.1 Å². The number of amides is 2. The quantitative estimate of drug-likeness (QED) is 0.152. The molecule has 4 aromatic heterocycles. The number of carbonyl (C=O) groups excluding carboxylic acids is 4. The van der Waals surface area contributed by atoms with E-state index in [-0.39, 0.29) is 32.2 Å². The molecule has 0 spiro atoms. The number of hydroxylamine groups is 2. The summed E-state index contributed by atoms with van der Waals surface area (Å²) in [6, 6.07) is 7.54. The van der Waals surface area contributed by atoms with E-state index in [4.69, 9.17) is 21.2 Å². The maximum absolute atomic E-state index is 13.6. The van der Waals surface area contributed by atoms with Crippen molar-refractivity contribution in [1.82, 2.24) is 24.6 Å². The van der Waals surface area contributed by atoms with E-state index in [1.54, 1.807) is 37.5 Å². The van der Waals surface area contributed by atoms with Crippen molar-refractivity contribution < 1.29 is 41.9 Å². The fourth-order valence-corrected chi connectivity index (χ4v) is 6.00. The predicted octanol–water partition coefficient (Wildman–Crippen LogP) is 6.80. The van der Waals surface area contributed by atoms with Gasteiger partial charge in [0.05, 0.1) is 10.4 Å². The molecule has 1 unspecified atom stereocenters. The van der Waals surface area contributed by atoms with Crippen molar-refractivity contribution in [3.63, 3.8) is 0 Å². The molecule has 2 aliphatic rings. The SMILES string of the molecule is C[C@@]1(C(=O)ON2C(=O)CCC2=O)CC/C=C/C(OC(=O)n2cc(Cc3ccc(NCc4ccc(C(F)(F)F)nc4)nc3)c3cc(Cl)cnc32)CC1. The van der Waals surface area contributed by atoms with E-state index >= 15 is 0 Å². The van der Waals surface area contributed by atoms with E-state index < -0.39 is 47.3 Å². The highest BCUT2D eigenvalue weighted by Crippen LogP contribution is 2.35. The van der Waals surface area contributed by atoms with Crippen LogP contribution in [0.15, 0.2) is 67.3 Å². The predicted molar refractivity (Wildman–Crippen MR) is 177 cm³/mol. The number of fused-ring (bicyclic) bond motifs is 1. The van der Waals surface area contributed by atoms with E-state index in [9.17, 15) is 32.3 Å². The maximum atomic E-state index is 13.6. The van der Waals surface area contributed by atoms with E-state index in [0.717, 1.165) is 23.4 Å². The van der Waals surface area contributed by atoms with Gasteiger partial charge in [-0.2, -0.15) is 13.2 Å². The summed E-state index contributed by atoms with van der Waals surface area (Å²) in [6.07, 6.45) is 5.36. The number of nitrogens with one attached hydrogen (secondary N) is 1.